The highest BCUT2D eigenvalue weighted by Gasteiger charge is 2.53. The van der Waals surface area contributed by atoms with E-state index < -0.39 is 91.9 Å². The number of aliphatic hydroxyl groups is 2. The van der Waals surface area contributed by atoms with Crippen molar-refractivity contribution in [1.29, 1.82) is 0 Å². The van der Waals surface area contributed by atoms with Gasteiger partial charge in [0.25, 0.3) is 0 Å². The predicted molar refractivity (Wildman–Crippen MR) is 138 cm³/mol. The maximum atomic E-state index is 12.0. The van der Waals surface area contributed by atoms with Crippen LogP contribution in [0, 0.1) is 0 Å². The Balaban J connectivity index is 1.49. The molecule has 0 radical (unpaired) electrons. The highest BCUT2D eigenvalue weighted by Crippen LogP contribution is 2.31. The average molecular weight is 632 g/mol. The van der Waals surface area contributed by atoms with Gasteiger partial charge in [0.1, 0.15) is 42.8 Å². The summed E-state index contributed by atoms with van der Waals surface area (Å²) in [7, 11) is 0. The smallest absolute Gasteiger partial charge is 0.303 e. The molecule has 246 valence electrons. The molecule has 4 aliphatic rings. The summed E-state index contributed by atoms with van der Waals surface area (Å²) in [6, 6.07) is 0. The molecule has 18 nitrogen and oxygen atoms in total. The van der Waals surface area contributed by atoms with Crippen molar-refractivity contribution in [2.75, 3.05) is 19.8 Å². The molecule has 18 heteroatoms. The van der Waals surface area contributed by atoms with E-state index >= 15 is 0 Å². The van der Waals surface area contributed by atoms with E-state index in [1.54, 1.807) is 0 Å². The first-order valence-corrected chi connectivity index (χ1v) is 14.0. The van der Waals surface area contributed by atoms with Crippen LogP contribution in [0.25, 0.3) is 0 Å². The Morgan fingerprint density at radius 2 is 1.52 bits per heavy atom. The Hall–Kier alpha value is -3.26. The SMILES string of the molecule is CC(=O)OCC1OC(OCc2cn(CC3OC4OCCCOC3C(O)C4O)nn2)C(OC(C)=O)C(OC(C)=O)C1OC(C)=O. The molecule has 2 N–H and O–H groups in total. The van der Waals surface area contributed by atoms with Crippen molar-refractivity contribution in [1.82, 2.24) is 15.0 Å². The van der Waals surface area contributed by atoms with E-state index in [2.05, 4.69) is 10.3 Å². The standard InChI is InChI=1S/C26H37N3O15/c1-12(30)38-11-18-22(40-13(2)31)23(41-14(3)32)24(42-15(4)33)26(44-18)39-10-16-8-29(28-27-16)9-17-21-19(34)20(35)25(43-17)37-7-5-6-36-21/h8,17-26,34-35H,5-7,9-11H2,1-4H3. The number of hydrogen-bond donors (Lipinski definition) is 2. The van der Waals surface area contributed by atoms with E-state index in [1.165, 1.54) is 17.8 Å². The monoisotopic (exact) mass is 631 g/mol. The molecule has 10 unspecified atom stereocenters. The van der Waals surface area contributed by atoms with Crippen LogP contribution in [0.3, 0.4) is 0 Å². The minimum atomic E-state index is -1.39. The minimum absolute atomic E-state index is 0.0837. The fourth-order valence-electron chi connectivity index (χ4n) is 5.04. The highest BCUT2D eigenvalue weighted by atomic mass is 16.7. The van der Waals surface area contributed by atoms with Gasteiger partial charge < -0.3 is 52.8 Å². The molecule has 4 saturated heterocycles. The number of aliphatic hydroxyl groups excluding tert-OH is 2. The van der Waals surface area contributed by atoms with E-state index in [0.717, 1.165) is 20.8 Å². The minimum Gasteiger partial charge on any atom is -0.463 e. The zero-order valence-electron chi connectivity index (χ0n) is 24.6. The van der Waals surface area contributed by atoms with Crippen molar-refractivity contribution in [2.24, 2.45) is 0 Å². The lowest BCUT2D eigenvalue weighted by molar-refractivity contribution is -0.310. The first-order valence-electron chi connectivity index (χ1n) is 14.0. The fraction of sp³-hybridized carbons (Fsp3) is 0.769. The third kappa shape index (κ3) is 8.68. The molecule has 0 amide bonds. The van der Waals surface area contributed by atoms with Gasteiger partial charge in [-0.05, 0) is 6.42 Å². The Morgan fingerprint density at radius 1 is 0.864 bits per heavy atom. The number of carbonyl (C=O) groups is 4. The molecule has 4 aliphatic heterocycles. The summed E-state index contributed by atoms with van der Waals surface area (Å²) in [5.74, 6) is -2.94. The van der Waals surface area contributed by atoms with Crippen molar-refractivity contribution >= 4 is 23.9 Å². The van der Waals surface area contributed by atoms with Gasteiger partial charge in [-0.3, -0.25) is 19.2 Å². The van der Waals surface area contributed by atoms with Crippen molar-refractivity contribution in [3.63, 3.8) is 0 Å². The summed E-state index contributed by atoms with van der Waals surface area (Å²) in [5, 5.41) is 29.0. The third-order valence-electron chi connectivity index (χ3n) is 6.82. The molecule has 10 atom stereocenters. The topological polar surface area (TPSA) is 223 Å². The number of ether oxygens (including phenoxy) is 9. The lowest BCUT2D eigenvalue weighted by Crippen LogP contribution is -2.62. The van der Waals surface area contributed by atoms with Gasteiger partial charge >= 0.3 is 23.9 Å². The second-order valence-corrected chi connectivity index (χ2v) is 10.4. The van der Waals surface area contributed by atoms with Gasteiger partial charge in [-0.2, -0.15) is 0 Å². The van der Waals surface area contributed by atoms with Crippen LogP contribution < -0.4 is 0 Å². The first-order chi connectivity index (χ1) is 20.9. The van der Waals surface area contributed by atoms with Crippen LogP contribution in [0.5, 0.6) is 0 Å². The molecule has 5 rings (SSSR count). The number of rotatable bonds is 10. The van der Waals surface area contributed by atoms with Crippen LogP contribution in [0.4, 0.5) is 0 Å². The van der Waals surface area contributed by atoms with Crippen LogP contribution in [0.1, 0.15) is 39.8 Å². The number of aromatic nitrogens is 3. The summed E-state index contributed by atoms with van der Waals surface area (Å²) in [5.41, 5.74) is 0.295. The Bertz CT molecular complexity index is 1160. The lowest BCUT2D eigenvalue weighted by Gasteiger charge is -2.43. The zero-order valence-corrected chi connectivity index (χ0v) is 24.6. The van der Waals surface area contributed by atoms with Crippen molar-refractivity contribution in [3.8, 4) is 0 Å². The molecule has 0 aromatic carbocycles. The highest BCUT2D eigenvalue weighted by molar-refractivity contribution is 5.68. The molecule has 44 heavy (non-hydrogen) atoms. The first kappa shape index (κ1) is 33.6. The fourth-order valence-corrected chi connectivity index (χ4v) is 5.04. The number of nitrogens with zero attached hydrogens (tertiary/aromatic N) is 3. The number of carbonyl (C=O) groups excluding carboxylic acids is 4. The van der Waals surface area contributed by atoms with E-state index in [4.69, 9.17) is 42.6 Å². The number of fused-ring (bicyclic) bond motifs is 6. The third-order valence-corrected chi connectivity index (χ3v) is 6.82. The maximum Gasteiger partial charge on any atom is 0.303 e. The second kappa shape index (κ2) is 15.2. The molecule has 4 fully saturated rings. The number of hydrogen-bond acceptors (Lipinski definition) is 17. The van der Waals surface area contributed by atoms with Gasteiger partial charge in [0.2, 0.25) is 0 Å². The predicted octanol–water partition coefficient (Wildman–Crippen LogP) is -1.87. The molecule has 1 aromatic rings. The Labute approximate surface area is 251 Å². The van der Waals surface area contributed by atoms with Crippen LogP contribution in [-0.2, 0) is 75.0 Å². The van der Waals surface area contributed by atoms with Crippen LogP contribution in [0.15, 0.2) is 6.20 Å². The molecule has 2 bridgehead atoms. The van der Waals surface area contributed by atoms with Crippen LogP contribution in [0.2, 0.25) is 0 Å². The van der Waals surface area contributed by atoms with Gasteiger partial charge in [-0.25, -0.2) is 4.68 Å². The van der Waals surface area contributed by atoms with Crippen molar-refractivity contribution in [3.05, 3.63) is 11.9 Å². The van der Waals surface area contributed by atoms with Gasteiger partial charge in [0.05, 0.1) is 26.0 Å². The molecule has 0 saturated carbocycles. The van der Waals surface area contributed by atoms with Crippen molar-refractivity contribution in [2.45, 2.75) is 109 Å². The normalized spacial score (nSPS) is 33.8. The van der Waals surface area contributed by atoms with E-state index in [1.807, 2.05) is 0 Å². The van der Waals surface area contributed by atoms with Crippen LogP contribution >= 0.6 is 0 Å². The molecule has 5 heterocycles. The Kier molecular flexibility index (Phi) is 11.6. The summed E-state index contributed by atoms with van der Waals surface area (Å²) < 4.78 is 51.5. The molecular weight excluding hydrogens is 594 g/mol. The van der Waals surface area contributed by atoms with Crippen LogP contribution in [-0.4, -0.2) is 130 Å². The summed E-state index contributed by atoms with van der Waals surface area (Å²) >= 11 is 0. The van der Waals surface area contributed by atoms with Gasteiger partial charge in [-0.15, -0.1) is 5.10 Å². The zero-order chi connectivity index (χ0) is 32.0. The van der Waals surface area contributed by atoms with E-state index in [0.29, 0.717) is 18.7 Å². The van der Waals surface area contributed by atoms with E-state index in [-0.39, 0.29) is 19.8 Å². The largest absolute Gasteiger partial charge is 0.463 e. The molecule has 0 spiro atoms. The quantitative estimate of drug-likeness (QED) is 0.213. The lowest BCUT2D eigenvalue weighted by atomic mass is 9.98. The van der Waals surface area contributed by atoms with Gasteiger partial charge in [0.15, 0.2) is 30.9 Å². The molecular formula is C26H37N3O15. The van der Waals surface area contributed by atoms with Crippen molar-refractivity contribution < 1.29 is 72.0 Å². The molecule has 0 aliphatic carbocycles. The second-order valence-electron chi connectivity index (χ2n) is 10.4. The summed E-state index contributed by atoms with van der Waals surface area (Å²) in [6.45, 7) is 4.56. The average Bonchev–Trinajstić information content (AvgIpc) is 3.43. The summed E-state index contributed by atoms with van der Waals surface area (Å²) in [4.78, 5) is 47.4. The van der Waals surface area contributed by atoms with Gasteiger partial charge in [0, 0.05) is 34.3 Å². The maximum absolute atomic E-state index is 12.0. The van der Waals surface area contributed by atoms with E-state index in [9.17, 15) is 29.4 Å². The molecule has 1 aromatic heterocycles. The van der Waals surface area contributed by atoms with Gasteiger partial charge in [-0.1, -0.05) is 5.21 Å². The number of esters is 4. The summed E-state index contributed by atoms with van der Waals surface area (Å²) in [6.07, 6.45) is -9.70. The Morgan fingerprint density at radius 3 is 2.20 bits per heavy atom.